The van der Waals surface area contributed by atoms with Gasteiger partial charge in [-0.3, -0.25) is 4.79 Å². The highest BCUT2D eigenvalue weighted by Crippen LogP contribution is 2.22. The maximum atomic E-state index is 12.9. The van der Waals surface area contributed by atoms with E-state index in [9.17, 15) is 9.18 Å². The number of H-pyrrole nitrogens is 1. The molecule has 1 aromatic carbocycles. The fourth-order valence-corrected chi connectivity index (χ4v) is 2.03. The number of nitrogens with one attached hydrogen (secondary N) is 1. The second kappa shape index (κ2) is 3.38. The molecule has 4 heteroatoms. The van der Waals surface area contributed by atoms with Gasteiger partial charge in [0, 0.05) is 10.4 Å². The monoisotopic (exact) mass is 209 g/mol. The van der Waals surface area contributed by atoms with Crippen LogP contribution in [0.2, 0.25) is 0 Å². The molecule has 0 saturated heterocycles. The Morgan fingerprint density at radius 3 is 2.79 bits per heavy atom. The average Bonchev–Trinajstić information content (AvgIpc) is 2.45. The summed E-state index contributed by atoms with van der Waals surface area (Å²) in [6.45, 7) is 1.84. The number of rotatable bonds is 1. The van der Waals surface area contributed by atoms with Crippen LogP contribution in [0.25, 0.3) is 11.3 Å². The first-order chi connectivity index (χ1) is 6.66. The van der Waals surface area contributed by atoms with Crippen LogP contribution in [0, 0.1) is 12.7 Å². The molecule has 0 aliphatic rings. The van der Waals surface area contributed by atoms with Gasteiger partial charge >= 0.3 is 4.87 Å². The number of aromatic nitrogens is 1. The lowest BCUT2D eigenvalue weighted by molar-refractivity contribution is 0.628. The zero-order chi connectivity index (χ0) is 10.1. The average molecular weight is 209 g/mol. The van der Waals surface area contributed by atoms with Crippen molar-refractivity contribution in [2.45, 2.75) is 6.92 Å². The van der Waals surface area contributed by atoms with Gasteiger partial charge in [0.1, 0.15) is 5.82 Å². The topological polar surface area (TPSA) is 32.9 Å². The fraction of sp³-hybridized carbons (Fsp3) is 0.100. The highest BCUT2D eigenvalue weighted by Gasteiger charge is 2.06. The van der Waals surface area contributed by atoms with Gasteiger partial charge in [-0.25, -0.2) is 4.39 Å². The Labute approximate surface area is 84.0 Å². The molecule has 1 N–H and O–H groups in total. The molecular formula is C10H8FNOS. The second-order valence-electron chi connectivity index (χ2n) is 2.96. The molecule has 2 nitrogen and oxygen atoms in total. The Morgan fingerprint density at radius 1 is 1.43 bits per heavy atom. The van der Waals surface area contributed by atoms with Crippen LogP contribution in [-0.4, -0.2) is 4.98 Å². The Morgan fingerprint density at radius 2 is 2.21 bits per heavy atom. The van der Waals surface area contributed by atoms with E-state index in [0.717, 1.165) is 16.2 Å². The largest absolute Gasteiger partial charge is 0.312 e. The molecule has 1 aromatic heterocycles. The van der Waals surface area contributed by atoms with Crippen molar-refractivity contribution < 1.29 is 4.39 Å². The van der Waals surface area contributed by atoms with Crippen LogP contribution in [0.1, 0.15) is 4.88 Å². The van der Waals surface area contributed by atoms with E-state index in [-0.39, 0.29) is 10.7 Å². The molecule has 0 fully saturated rings. The van der Waals surface area contributed by atoms with Gasteiger partial charge in [-0.15, -0.1) is 0 Å². The van der Waals surface area contributed by atoms with Gasteiger partial charge in [-0.05, 0) is 19.1 Å². The van der Waals surface area contributed by atoms with E-state index < -0.39 is 0 Å². The van der Waals surface area contributed by atoms with Gasteiger partial charge in [0.2, 0.25) is 0 Å². The molecule has 0 aliphatic heterocycles. The Kier molecular flexibility index (Phi) is 2.21. The van der Waals surface area contributed by atoms with Crippen LogP contribution in [0.5, 0.6) is 0 Å². The van der Waals surface area contributed by atoms with Crippen molar-refractivity contribution in [3.63, 3.8) is 0 Å². The van der Waals surface area contributed by atoms with Crippen LogP contribution in [0.3, 0.4) is 0 Å². The summed E-state index contributed by atoms with van der Waals surface area (Å²) in [5.74, 6) is -0.297. The third-order valence-electron chi connectivity index (χ3n) is 1.94. The number of hydrogen-bond donors (Lipinski definition) is 1. The molecule has 2 rings (SSSR count). The van der Waals surface area contributed by atoms with Gasteiger partial charge in [0.05, 0.1) is 5.69 Å². The normalized spacial score (nSPS) is 10.4. The lowest BCUT2D eigenvalue weighted by Gasteiger charge is -1.98. The quantitative estimate of drug-likeness (QED) is 0.769. The van der Waals surface area contributed by atoms with Crippen LogP contribution >= 0.6 is 11.3 Å². The standard InChI is InChI=1S/C10H8FNOS/c1-6-9(12-10(13)14-6)7-3-2-4-8(11)5-7/h2-5H,1H3,(H,12,13). The van der Waals surface area contributed by atoms with E-state index in [1.54, 1.807) is 12.1 Å². The number of thiazole rings is 1. The molecule has 72 valence electrons. The third kappa shape index (κ3) is 1.61. The Balaban J connectivity index is 2.59. The molecule has 0 radical (unpaired) electrons. The first-order valence-electron chi connectivity index (χ1n) is 4.12. The smallest absolute Gasteiger partial charge is 0.305 e. The second-order valence-corrected chi connectivity index (χ2v) is 4.14. The highest BCUT2D eigenvalue weighted by atomic mass is 32.1. The SMILES string of the molecule is Cc1sc(=O)[nH]c1-c1cccc(F)c1. The predicted molar refractivity (Wildman–Crippen MR) is 55.1 cm³/mol. The lowest BCUT2D eigenvalue weighted by Crippen LogP contribution is -1.92. The predicted octanol–water partition coefficient (Wildman–Crippen LogP) is 2.55. The first-order valence-corrected chi connectivity index (χ1v) is 4.94. The summed E-state index contributed by atoms with van der Waals surface area (Å²) < 4.78 is 12.9. The zero-order valence-corrected chi connectivity index (χ0v) is 8.32. The maximum Gasteiger partial charge on any atom is 0.305 e. The minimum Gasteiger partial charge on any atom is -0.312 e. The molecule has 0 aliphatic carbocycles. The van der Waals surface area contributed by atoms with Crippen LogP contribution < -0.4 is 4.87 Å². The molecule has 14 heavy (non-hydrogen) atoms. The third-order valence-corrected chi connectivity index (χ3v) is 2.74. The maximum absolute atomic E-state index is 12.9. The van der Waals surface area contributed by atoms with E-state index in [0.29, 0.717) is 11.3 Å². The molecule has 0 atom stereocenters. The highest BCUT2D eigenvalue weighted by molar-refractivity contribution is 7.09. The molecule has 0 amide bonds. The van der Waals surface area contributed by atoms with Crippen molar-refractivity contribution in [1.29, 1.82) is 0 Å². The summed E-state index contributed by atoms with van der Waals surface area (Å²) in [5.41, 5.74) is 1.42. The number of hydrogen-bond acceptors (Lipinski definition) is 2. The van der Waals surface area contributed by atoms with Crippen molar-refractivity contribution in [3.05, 3.63) is 44.6 Å². The minimum atomic E-state index is -0.297. The Bertz CT molecular complexity index is 515. The van der Waals surface area contributed by atoms with Crippen molar-refractivity contribution in [2.24, 2.45) is 0 Å². The van der Waals surface area contributed by atoms with Gasteiger partial charge in [-0.2, -0.15) is 0 Å². The fourth-order valence-electron chi connectivity index (χ4n) is 1.33. The van der Waals surface area contributed by atoms with Crippen molar-refractivity contribution >= 4 is 11.3 Å². The van der Waals surface area contributed by atoms with Crippen molar-refractivity contribution in [2.75, 3.05) is 0 Å². The summed E-state index contributed by atoms with van der Waals surface area (Å²) >= 11 is 1.14. The van der Waals surface area contributed by atoms with E-state index >= 15 is 0 Å². The summed E-state index contributed by atoms with van der Waals surface area (Å²) in [6.07, 6.45) is 0. The van der Waals surface area contributed by atoms with Crippen LogP contribution in [-0.2, 0) is 0 Å². The van der Waals surface area contributed by atoms with Crippen LogP contribution in [0.15, 0.2) is 29.1 Å². The summed E-state index contributed by atoms with van der Waals surface area (Å²) in [5, 5.41) is 0. The van der Waals surface area contributed by atoms with E-state index in [1.165, 1.54) is 12.1 Å². The lowest BCUT2D eigenvalue weighted by atomic mass is 10.1. The molecule has 0 unspecified atom stereocenters. The number of benzene rings is 1. The molecule has 0 bridgehead atoms. The van der Waals surface area contributed by atoms with E-state index in [1.807, 2.05) is 6.92 Å². The summed E-state index contributed by atoms with van der Waals surface area (Å²) in [6, 6.07) is 6.18. The van der Waals surface area contributed by atoms with Gasteiger partial charge < -0.3 is 4.98 Å². The molecule has 2 aromatic rings. The summed E-state index contributed by atoms with van der Waals surface area (Å²) in [7, 11) is 0. The number of aromatic amines is 1. The molecule has 0 saturated carbocycles. The first kappa shape index (κ1) is 9.15. The minimum absolute atomic E-state index is 0.109. The number of halogens is 1. The molecule has 0 spiro atoms. The zero-order valence-electron chi connectivity index (χ0n) is 7.50. The molecular weight excluding hydrogens is 201 g/mol. The summed E-state index contributed by atoms with van der Waals surface area (Å²) in [4.78, 5) is 14.5. The van der Waals surface area contributed by atoms with Crippen molar-refractivity contribution in [3.8, 4) is 11.3 Å². The van der Waals surface area contributed by atoms with Crippen molar-refractivity contribution in [1.82, 2.24) is 4.98 Å². The van der Waals surface area contributed by atoms with Gasteiger partial charge in [0.25, 0.3) is 0 Å². The number of aryl methyl sites for hydroxylation is 1. The molecule has 1 heterocycles. The van der Waals surface area contributed by atoms with Gasteiger partial charge in [-0.1, -0.05) is 23.5 Å². The van der Waals surface area contributed by atoms with E-state index in [4.69, 9.17) is 0 Å². The van der Waals surface area contributed by atoms with Gasteiger partial charge in [0.15, 0.2) is 0 Å². The van der Waals surface area contributed by atoms with Crippen LogP contribution in [0.4, 0.5) is 4.39 Å². The Hall–Kier alpha value is -1.42. The van der Waals surface area contributed by atoms with E-state index in [2.05, 4.69) is 4.98 Å².